The Morgan fingerprint density at radius 2 is 1.77 bits per heavy atom. The molecular weight excluding hydrogens is 420 g/mol. The number of hydrogen-bond acceptors (Lipinski definition) is 4. The second kappa shape index (κ2) is 8.69. The van der Waals surface area contributed by atoms with E-state index in [4.69, 9.17) is 11.6 Å². The number of carbonyl (C=O) groups excluding carboxylic acids is 2. The number of aromatic amines is 1. The van der Waals surface area contributed by atoms with E-state index < -0.39 is 0 Å². The van der Waals surface area contributed by atoms with Gasteiger partial charge in [0.1, 0.15) is 10.6 Å². The van der Waals surface area contributed by atoms with E-state index in [1.54, 1.807) is 18.2 Å². The van der Waals surface area contributed by atoms with E-state index in [9.17, 15) is 9.59 Å². The minimum Gasteiger partial charge on any atom is -0.324 e. The molecular formula is C22H19ClN4O2S. The van der Waals surface area contributed by atoms with Gasteiger partial charge in [-0.05, 0) is 30.7 Å². The highest BCUT2D eigenvalue weighted by Gasteiger charge is 2.15. The lowest BCUT2D eigenvalue weighted by molar-refractivity contribution is -0.116. The van der Waals surface area contributed by atoms with Crippen molar-refractivity contribution in [2.24, 2.45) is 0 Å². The molecule has 0 aliphatic heterocycles. The molecule has 0 saturated heterocycles. The number of fused-ring (bicyclic) bond motifs is 1. The number of rotatable bonds is 6. The molecule has 0 aliphatic rings. The van der Waals surface area contributed by atoms with Crippen molar-refractivity contribution in [3.05, 3.63) is 75.6 Å². The van der Waals surface area contributed by atoms with Gasteiger partial charge in [0.05, 0.1) is 28.9 Å². The first-order chi connectivity index (χ1) is 14.5. The van der Waals surface area contributed by atoms with Crippen molar-refractivity contribution in [1.29, 1.82) is 0 Å². The summed E-state index contributed by atoms with van der Waals surface area (Å²) >= 11 is 7.49. The quantitative estimate of drug-likeness (QED) is 0.398. The van der Waals surface area contributed by atoms with Crippen LogP contribution in [0.25, 0.3) is 10.2 Å². The van der Waals surface area contributed by atoms with Crippen LogP contribution in [0.2, 0.25) is 5.02 Å². The summed E-state index contributed by atoms with van der Waals surface area (Å²) in [5, 5.41) is 14.1. The van der Waals surface area contributed by atoms with Crippen LogP contribution in [0, 0.1) is 6.92 Å². The molecule has 2 amide bonds. The first-order valence-electron chi connectivity index (χ1n) is 9.34. The lowest BCUT2D eigenvalue weighted by Gasteiger charge is -2.05. The number of carbonyl (C=O) groups is 2. The Morgan fingerprint density at radius 3 is 2.53 bits per heavy atom. The van der Waals surface area contributed by atoms with Crippen molar-refractivity contribution in [2.75, 3.05) is 10.6 Å². The van der Waals surface area contributed by atoms with Crippen LogP contribution in [-0.4, -0.2) is 22.0 Å². The van der Waals surface area contributed by atoms with Crippen LogP contribution in [-0.2, 0) is 22.4 Å². The standard InChI is InChI=1S/C22H19ClN4O2S/c1-13-6-8-14(9-7-13)10-19(28)25-21-16-11-15(30-22(16)27-26-21)12-20(29)24-18-5-3-2-4-17(18)23/h2-9,11H,10,12H2,1H3,(H,24,29)(H2,25,26,27,28). The van der Waals surface area contributed by atoms with E-state index in [1.807, 2.05) is 43.3 Å². The number of thiophene rings is 1. The van der Waals surface area contributed by atoms with Gasteiger partial charge < -0.3 is 10.6 Å². The Balaban J connectivity index is 1.41. The minimum atomic E-state index is -0.166. The van der Waals surface area contributed by atoms with E-state index in [1.165, 1.54) is 11.3 Å². The second-order valence-corrected chi connectivity index (χ2v) is 8.47. The number of aryl methyl sites for hydroxylation is 1. The van der Waals surface area contributed by atoms with Crippen molar-refractivity contribution in [2.45, 2.75) is 19.8 Å². The average molecular weight is 439 g/mol. The zero-order chi connectivity index (χ0) is 21.1. The molecule has 30 heavy (non-hydrogen) atoms. The Hall–Kier alpha value is -3.16. The molecule has 8 heteroatoms. The number of halogens is 1. The largest absolute Gasteiger partial charge is 0.324 e. The van der Waals surface area contributed by atoms with Crippen LogP contribution in [0.4, 0.5) is 11.5 Å². The van der Waals surface area contributed by atoms with Gasteiger partial charge in [-0.3, -0.25) is 14.7 Å². The van der Waals surface area contributed by atoms with Crippen molar-refractivity contribution in [3.63, 3.8) is 0 Å². The fourth-order valence-corrected chi connectivity index (χ4v) is 4.21. The van der Waals surface area contributed by atoms with Crippen LogP contribution in [0.1, 0.15) is 16.0 Å². The Bertz CT molecular complexity index is 1210. The van der Waals surface area contributed by atoms with E-state index in [-0.39, 0.29) is 24.7 Å². The highest BCUT2D eigenvalue weighted by atomic mass is 35.5. The molecule has 4 rings (SSSR count). The molecule has 0 spiro atoms. The van der Waals surface area contributed by atoms with E-state index in [2.05, 4.69) is 20.8 Å². The Kier molecular flexibility index (Phi) is 5.83. The average Bonchev–Trinajstić information content (AvgIpc) is 3.26. The summed E-state index contributed by atoms with van der Waals surface area (Å²) in [5.74, 6) is 0.241. The summed E-state index contributed by atoms with van der Waals surface area (Å²) in [6.45, 7) is 2.01. The Morgan fingerprint density at radius 1 is 1.03 bits per heavy atom. The molecule has 3 N–H and O–H groups in total. The highest BCUT2D eigenvalue weighted by molar-refractivity contribution is 7.18. The fourth-order valence-electron chi connectivity index (χ4n) is 3.03. The number of anilines is 2. The van der Waals surface area contributed by atoms with E-state index in [0.717, 1.165) is 26.2 Å². The van der Waals surface area contributed by atoms with Gasteiger partial charge in [-0.1, -0.05) is 53.6 Å². The van der Waals surface area contributed by atoms with Gasteiger partial charge in [-0.25, -0.2) is 0 Å². The SMILES string of the molecule is Cc1ccc(CC(=O)Nc2[nH]nc3sc(CC(=O)Nc4ccccc4Cl)cc23)cc1. The van der Waals surface area contributed by atoms with Crippen molar-refractivity contribution in [1.82, 2.24) is 10.2 Å². The van der Waals surface area contributed by atoms with E-state index >= 15 is 0 Å². The van der Waals surface area contributed by atoms with Gasteiger partial charge in [-0.2, -0.15) is 5.10 Å². The zero-order valence-electron chi connectivity index (χ0n) is 16.2. The second-order valence-electron chi connectivity index (χ2n) is 6.95. The summed E-state index contributed by atoms with van der Waals surface area (Å²) in [4.78, 5) is 26.3. The lowest BCUT2D eigenvalue weighted by Crippen LogP contribution is -2.15. The zero-order valence-corrected chi connectivity index (χ0v) is 17.7. The fraction of sp³-hybridized carbons (Fsp3) is 0.136. The molecule has 6 nitrogen and oxygen atoms in total. The van der Waals surface area contributed by atoms with Gasteiger partial charge in [0, 0.05) is 4.88 Å². The molecule has 4 aromatic rings. The molecule has 2 aromatic heterocycles. The topological polar surface area (TPSA) is 86.9 Å². The smallest absolute Gasteiger partial charge is 0.229 e. The third-order valence-electron chi connectivity index (χ3n) is 4.53. The molecule has 2 aromatic carbocycles. The molecule has 0 bridgehead atoms. The monoisotopic (exact) mass is 438 g/mol. The molecule has 0 aliphatic carbocycles. The van der Waals surface area contributed by atoms with Crippen LogP contribution in [0.15, 0.2) is 54.6 Å². The molecule has 0 fully saturated rings. The van der Waals surface area contributed by atoms with Gasteiger partial charge in [0.15, 0.2) is 0 Å². The molecule has 0 radical (unpaired) electrons. The van der Waals surface area contributed by atoms with Crippen molar-refractivity contribution in [3.8, 4) is 0 Å². The molecule has 2 heterocycles. The summed E-state index contributed by atoms with van der Waals surface area (Å²) in [5.41, 5.74) is 2.67. The van der Waals surface area contributed by atoms with E-state index in [0.29, 0.717) is 16.5 Å². The Labute approximate surface area is 182 Å². The number of benzene rings is 2. The lowest BCUT2D eigenvalue weighted by atomic mass is 10.1. The van der Waals surface area contributed by atoms with Crippen LogP contribution in [0.5, 0.6) is 0 Å². The molecule has 0 atom stereocenters. The number of amides is 2. The maximum atomic E-state index is 12.4. The predicted molar refractivity (Wildman–Crippen MR) is 121 cm³/mol. The molecule has 152 valence electrons. The summed E-state index contributed by atoms with van der Waals surface area (Å²) in [7, 11) is 0. The molecule has 0 unspecified atom stereocenters. The predicted octanol–water partition coefficient (Wildman–Crippen LogP) is 4.95. The summed E-state index contributed by atoms with van der Waals surface area (Å²) in [6, 6.07) is 16.8. The maximum absolute atomic E-state index is 12.4. The number of nitrogens with one attached hydrogen (secondary N) is 3. The van der Waals surface area contributed by atoms with Gasteiger partial charge in [-0.15, -0.1) is 11.3 Å². The third kappa shape index (κ3) is 4.69. The summed E-state index contributed by atoms with van der Waals surface area (Å²) in [6.07, 6.45) is 0.473. The summed E-state index contributed by atoms with van der Waals surface area (Å²) < 4.78 is 0. The number of aromatic nitrogens is 2. The number of para-hydroxylation sites is 1. The van der Waals surface area contributed by atoms with Crippen LogP contribution in [0.3, 0.4) is 0 Å². The number of nitrogens with zero attached hydrogens (tertiary/aromatic N) is 1. The highest BCUT2D eigenvalue weighted by Crippen LogP contribution is 2.30. The maximum Gasteiger partial charge on any atom is 0.229 e. The first-order valence-corrected chi connectivity index (χ1v) is 10.5. The van der Waals surface area contributed by atoms with Crippen molar-refractivity contribution >= 4 is 56.5 Å². The third-order valence-corrected chi connectivity index (χ3v) is 5.89. The number of hydrogen-bond donors (Lipinski definition) is 3. The van der Waals surface area contributed by atoms with Gasteiger partial charge in [0.2, 0.25) is 11.8 Å². The van der Waals surface area contributed by atoms with Crippen LogP contribution >= 0.6 is 22.9 Å². The van der Waals surface area contributed by atoms with Crippen LogP contribution < -0.4 is 10.6 Å². The number of H-pyrrole nitrogens is 1. The van der Waals surface area contributed by atoms with Gasteiger partial charge in [0.25, 0.3) is 0 Å². The minimum absolute atomic E-state index is 0.131. The normalized spacial score (nSPS) is 10.9. The van der Waals surface area contributed by atoms with Crippen molar-refractivity contribution < 1.29 is 9.59 Å². The molecule has 0 saturated carbocycles. The van der Waals surface area contributed by atoms with Gasteiger partial charge >= 0.3 is 0 Å². The first kappa shape index (κ1) is 20.1.